The Morgan fingerprint density at radius 1 is 1.48 bits per heavy atom. The van der Waals surface area contributed by atoms with Gasteiger partial charge in [-0.3, -0.25) is 0 Å². The van der Waals surface area contributed by atoms with Crippen LogP contribution in [0.1, 0.15) is 36.6 Å². The minimum absolute atomic E-state index is 0.191. The molecule has 0 aromatic carbocycles. The zero-order chi connectivity index (χ0) is 15.5. The zero-order valence-electron chi connectivity index (χ0n) is 12.8. The predicted molar refractivity (Wildman–Crippen MR) is 85.2 cm³/mol. The molecular weight excluding hydrogens is 308 g/mol. The molecule has 0 spiro atoms. The first-order chi connectivity index (χ1) is 9.97. The summed E-state index contributed by atoms with van der Waals surface area (Å²) < 4.78 is 33.1. The number of methoxy groups -OCH3 is 1. The van der Waals surface area contributed by atoms with Gasteiger partial charge in [0.25, 0.3) is 0 Å². The van der Waals surface area contributed by atoms with E-state index < -0.39 is 10.0 Å². The maximum atomic E-state index is 12.7. The van der Waals surface area contributed by atoms with Crippen LogP contribution in [0.4, 0.5) is 0 Å². The van der Waals surface area contributed by atoms with Crippen LogP contribution in [0.15, 0.2) is 10.3 Å². The Kier molecular flexibility index (Phi) is 5.79. The quantitative estimate of drug-likeness (QED) is 0.726. The molecule has 120 valence electrons. The first-order valence-electron chi connectivity index (χ1n) is 7.29. The zero-order valence-corrected chi connectivity index (χ0v) is 14.4. The maximum Gasteiger partial charge on any atom is 0.242 e. The third kappa shape index (κ3) is 4.50. The summed E-state index contributed by atoms with van der Waals surface area (Å²) >= 11 is 1.51. The average molecular weight is 332 g/mol. The van der Waals surface area contributed by atoms with E-state index in [9.17, 15) is 8.42 Å². The van der Waals surface area contributed by atoms with E-state index in [1.165, 1.54) is 24.2 Å². The first kappa shape index (κ1) is 16.9. The highest BCUT2D eigenvalue weighted by molar-refractivity contribution is 7.89. The van der Waals surface area contributed by atoms with Crippen molar-refractivity contribution < 1.29 is 13.2 Å². The molecule has 1 unspecified atom stereocenters. The highest BCUT2D eigenvalue weighted by Crippen LogP contribution is 2.28. The van der Waals surface area contributed by atoms with E-state index in [-0.39, 0.29) is 6.04 Å². The molecule has 1 fully saturated rings. The van der Waals surface area contributed by atoms with Crippen molar-refractivity contribution in [2.45, 2.75) is 56.6 Å². The second kappa shape index (κ2) is 7.19. The predicted octanol–water partition coefficient (Wildman–Crippen LogP) is 2.01. The van der Waals surface area contributed by atoms with Gasteiger partial charge < -0.3 is 10.1 Å². The van der Waals surface area contributed by atoms with Gasteiger partial charge in [0.15, 0.2) is 0 Å². The lowest BCUT2D eigenvalue weighted by Gasteiger charge is -2.17. The Morgan fingerprint density at radius 2 is 2.19 bits per heavy atom. The van der Waals surface area contributed by atoms with Gasteiger partial charge in [-0.25, -0.2) is 13.1 Å². The molecule has 1 heterocycles. The van der Waals surface area contributed by atoms with Gasteiger partial charge >= 0.3 is 0 Å². The van der Waals surface area contributed by atoms with Gasteiger partial charge in [0.1, 0.15) is 4.90 Å². The molecule has 1 saturated carbocycles. The van der Waals surface area contributed by atoms with Gasteiger partial charge in [-0.05, 0) is 37.1 Å². The van der Waals surface area contributed by atoms with Gasteiger partial charge in [0, 0.05) is 30.6 Å². The smallest absolute Gasteiger partial charge is 0.242 e. The van der Waals surface area contributed by atoms with E-state index in [0.717, 1.165) is 10.4 Å². The van der Waals surface area contributed by atoms with Crippen molar-refractivity contribution >= 4 is 21.4 Å². The molecule has 0 saturated heterocycles. The lowest BCUT2D eigenvalue weighted by Crippen LogP contribution is -2.38. The molecule has 5 nitrogen and oxygen atoms in total. The van der Waals surface area contributed by atoms with E-state index in [1.54, 1.807) is 7.11 Å². The Bertz CT molecular complexity index is 565. The highest BCUT2D eigenvalue weighted by atomic mass is 32.2. The number of ether oxygens (including phenoxy) is 1. The van der Waals surface area contributed by atoms with E-state index in [4.69, 9.17) is 4.74 Å². The van der Waals surface area contributed by atoms with Crippen LogP contribution in [0.25, 0.3) is 0 Å². The normalized spacial score (nSPS) is 17.1. The van der Waals surface area contributed by atoms with Gasteiger partial charge in [-0.2, -0.15) is 0 Å². The summed E-state index contributed by atoms with van der Waals surface area (Å²) in [5.74, 6) is 0. The minimum atomic E-state index is -3.50. The molecule has 2 rings (SSSR count). The number of sulfonamides is 1. The fraction of sp³-hybridized carbons (Fsp3) is 0.714. The summed E-state index contributed by atoms with van der Waals surface area (Å²) in [6.45, 7) is 4.81. The molecule has 1 aliphatic carbocycles. The number of nitrogens with one attached hydrogen (secondary N) is 2. The van der Waals surface area contributed by atoms with E-state index >= 15 is 0 Å². The number of rotatable bonds is 9. The standard InChI is InChI=1S/C14H24N2O3S2/c1-4-11(8-19-3)16-21(17,18)14-10(2)9-20-13(14)7-15-12-5-6-12/h9,11-12,15-16H,4-8H2,1-3H3. The van der Waals surface area contributed by atoms with Gasteiger partial charge in [-0.15, -0.1) is 11.3 Å². The van der Waals surface area contributed by atoms with Crippen molar-refractivity contribution in [1.29, 1.82) is 0 Å². The molecule has 1 aromatic heterocycles. The van der Waals surface area contributed by atoms with Crippen LogP contribution in [0.3, 0.4) is 0 Å². The third-order valence-electron chi connectivity index (χ3n) is 3.57. The van der Waals surface area contributed by atoms with Crippen LogP contribution in [-0.2, 0) is 21.3 Å². The molecule has 0 radical (unpaired) electrons. The van der Waals surface area contributed by atoms with Crippen molar-refractivity contribution in [1.82, 2.24) is 10.0 Å². The largest absolute Gasteiger partial charge is 0.383 e. The van der Waals surface area contributed by atoms with Gasteiger partial charge in [0.05, 0.1) is 6.61 Å². The monoisotopic (exact) mass is 332 g/mol. The van der Waals surface area contributed by atoms with E-state index in [2.05, 4.69) is 10.0 Å². The van der Waals surface area contributed by atoms with Crippen molar-refractivity contribution in [2.24, 2.45) is 0 Å². The Balaban J connectivity index is 2.15. The molecular formula is C14H24N2O3S2. The van der Waals surface area contributed by atoms with Crippen molar-refractivity contribution in [3.63, 3.8) is 0 Å². The molecule has 0 aliphatic heterocycles. The summed E-state index contributed by atoms with van der Waals surface area (Å²) in [6, 6.07) is 0.372. The second-order valence-corrected chi connectivity index (χ2v) is 8.12. The van der Waals surface area contributed by atoms with Crippen LogP contribution in [0.5, 0.6) is 0 Å². The van der Waals surface area contributed by atoms with Crippen molar-refractivity contribution in [3.05, 3.63) is 15.8 Å². The van der Waals surface area contributed by atoms with Gasteiger partial charge in [-0.1, -0.05) is 6.92 Å². The summed E-state index contributed by atoms with van der Waals surface area (Å²) in [4.78, 5) is 1.33. The molecule has 0 bridgehead atoms. The first-order valence-corrected chi connectivity index (χ1v) is 9.65. The molecule has 2 N–H and O–H groups in total. The number of thiophene rings is 1. The Morgan fingerprint density at radius 3 is 2.76 bits per heavy atom. The van der Waals surface area contributed by atoms with Crippen molar-refractivity contribution in [3.8, 4) is 0 Å². The average Bonchev–Trinajstić information content (AvgIpc) is 3.18. The fourth-order valence-corrected chi connectivity index (χ4v) is 5.28. The van der Waals surface area contributed by atoms with Crippen LogP contribution in [0.2, 0.25) is 0 Å². The van der Waals surface area contributed by atoms with Crippen molar-refractivity contribution in [2.75, 3.05) is 13.7 Å². The van der Waals surface area contributed by atoms with E-state index in [0.29, 0.717) is 30.5 Å². The van der Waals surface area contributed by atoms with Crippen LogP contribution in [-0.4, -0.2) is 34.2 Å². The summed E-state index contributed by atoms with van der Waals surface area (Å²) in [5.41, 5.74) is 0.812. The van der Waals surface area contributed by atoms with Crippen LogP contribution in [0, 0.1) is 6.92 Å². The van der Waals surface area contributed by atoms with Crippen LogP contribution < -0.4 is 10.0 Å². The van der Waals surface area contributed by atoms with E-state index in [1.807, 2.05) is 19.2 Å². The lowest BCUT2D eigenvalue weighted by atomic mass is 10.3. The minimum Gasteiger partial charge on any atom is -0.383 e. The van der Waals surface area contributed by atoms with Gasteiger partial charge in [0.2, 0.25) is 10.0 Å². The molecule has 0 amide bonds. The molecule has 21 heavy (non-hydrogen) atoms. The highest BCUT2D eigenvalue weighted by Gasteiger charge is 2.27. The molecule has 1 atom stereocenters. The summed E-state index contributed by atoms with van der Waals surface area (Å²) in [6.07, 6.45) is 3.08. The molecule has 7 heteroatoms. The fourth-order valence-electron chi connectivity index (χ4n) is 2.21. The summed E-state index contributed by atoms with van der Waals surface area (Å²) in [5, 5.41) is 5.30. The maximum absolute atomic E-state index is 12.7. The third-order valence-corrected chi connectivity index (χ3v) is 6.55. The van der Waals surface area contributed by atoms with Crippen LogP contribution >= 0.6 is 11.3 Å². The number of hydrogen-bond acceptors (Lipinski definition) is 5. The number of hydrogen-bond donors (Lipinski definition) is 2. The topological polar surface area (TPSA) is 67.4 Å². The Labute approximate surface area is 131 Å². The second-order valence-electron chi connectivity index (χ2n) is 5.51. The summed E-state index contributed by atoms with van der Waals surface area (Å²) in [7, 11) is -1.92. The lowest BCUT2D eigenvalue weighted by molar-refractivity contribution is 0.173. The molecule has 1 aliphatic rings. The molecule has 1 aromatic rings. The SMILES string of the molecule is CCC(COC)NS(=O)(=O)c1c(C)csc1CNC1CC1. The number of aryl methyl sites for hydroxylation is 1. The Hall–Kier alpha value is -0.470.